The second kappa shape index (κ2) is 14.0. The maximum absolute atomic E-state index is 6.78. The minimum Gasteiger partial charge on any atom is -0.456 e. The van der Waals surface area contributed by atoms with Gasteiger partial charge in [-0.05, 0) is 161 Å². The first kappa shape index (κ1) is 37.0. The highest BCUT2D eigenvalue weighted by Gasteiger charge is 2.21. The van der Waals surface area contributed by atoms with Crippen LogP contribution in [0.5, 0.6) is 0 Å². The van der Waals surface area contributed by atoms with Crippen LogP contribution >= 0.6 is 0 Å². The lowest BCUT2D eigenvalue weighted by Gasteiger charge is -2.18. The summed E-state index contributed by atoms with van der Waals surface area (Å²) in [6.45, 7) is 4.36. The molecule has 0 aliphatic carbocycles. The smallest absolute Gasteiger partial charge is 0.136 e. The van der Waals surface area contributed by atoms with Crippen LogP contribution in [0, 0.1) is 13.8 Å². The Morgan fingerprint density at radius 1 is 0.227 bits per heavy atom. The molecular weight excluding hydrogens is 801 g/mol. The standard InChI is InChI=1S/C64H40O2/c1-37-21-25-51-55(29-37)61(39-13-5-3-6-14-39)47-17-9-11-19-49(47)63(51)41-23-27-45-53-31-43-32-54-46-28-24-42(34-58(46)66-60(54)36-44(43)35-59(53)65-57(45)33-41)64-50-20-12-10-18-48(50)62(40-15-7-4-8-16-40)56-30-38(2)22-26-52(56)64/h3-36H,1-2H3. The molecule has 14 rings (SSSR count). The molecule has 0 saturated carbocycles. The van der Waals surface area contributed by atoms with Crippen molar-refractivity contribution in [2.45, 2.75) is 13.8 Å². The van der Waals surface area contributed by atoms with E-state index in [0.717, 1.165) is 65.8 Å². The van der Waals surface area contributed by atoms with Crippen molar-refractivity contribution >= 4 is 97.7 Å². The molecule has 2 heterocycles. The van der Waals surface area contributed by atoms with Gasteiger partial charge in [0.25, 0.3) is 0 Å². The maximum atomic E-state index is 6.78. The van der Waals surface area contributed by atoms with Crippen LogP contribution in [-0.2, 0) is 0 Å². The summed E-state index contributed by atoms with van der Waals surface area (Å²) in [5.74, 6) is 0. The Morgan fingerprint density at radius 3 is 0.985 bits per heavy atom. The van der Waals surface area contributed by atoms with Gasteiger partial charge in [0.1, 0.15) is 22.3 Å². The van der Waals surface area contributed by atoms with Crippen molar-refractivity contribution in [1.29, 1.82) is 0 Å². The van der Waals surface area contributed by atoms with Gasteiger partial charge < -0.3 is 8.83 Å². The summed E-state index contributed by atoms with van der Waals surface area (Å²) >= 11 is 0. The lowest BCUT2D eigenvalue weighted by Crippen LogP contribution is -1.91. The number of fused-ring (bicyclic) bond motifs is 11. The van der Waals surface area contributed by atoms with Crippen molar-refractivity contribution in [1.82, 2.24) is 0 Å². The number of aryl methyl sites for hydroxylation is 2. The summed E-state index contributed by atoms with van der Waals surface area (Å²) in [5.41, 5.74) is 15.7. The zero-order chi connectivity index (χ0) is 43.6. The molecule has 308 valence electrons. The van der Waals surface area contributed by atoms with E-state index in [1.165, 1.54) is 87.6 Å². The van der Waals surface area contributed by atoms with Gasteiger partial charge in [-0.1, -0.05) is 169 Å². The van der Waals surface area contributed by atoms with E-state index in [-0.39, 0.29) is 0 Å². The van der Waals surface area contributed by atoms with Gasteiger partial charge in [-0.15, -0.1) is 0 Å². The number of hydrogen-bond acceptors (Lipinski definition) is 2. The Labute approximate surface area is 380 Å². The zero-order valence-electron chi connectivity index (χ0n) is 36.4. The van der Waals surface area contributed by atoms with Crippen molar-refractivity contribution in [3.63, 3.8) is 0 Å². The fourth-order valence-corrected chi connectivity index (χ4v) is 11.1. The predicted octanol–water partition coefficient (Wildman–Crippen LogP) is 18.5. The number of hydrogen-bond donors (Lipinski definition) is 0. The highest BCUT2D eigenvalue weighted by atomic mass is 16.3. The Morgan fingerprint density at radius 2 is 0.561 bits per heavy atom. The minimum absolute atomic E-state index is 0.866. The van der Waals surface area contributed by atoms with E-state index in [1.807, 2.05) is 0 Å². The van der Waals surface area contributed by atoms with E-state index in [1.54, 1.807) is 0 Å². The van der Waals surface area contributed by atoms with Crippen LogP contribution in [0.25, 0.3) is 142 Å². The highest BCUT2D eigenvalue weighted by Crippen LogP contribution is 2.47. The Kier molecular flexibility index (Phi) is 7.85. The largest absolute Gasteiger partial charge is 0.456 e. The molecule has 0 spiro atoms. The summed E-state index contributed by atoms with van der Waals surface area (Å²) in [6.07, 6.45) is 0. The average molecular weight is 841 g/mol. The molecule has 0 unspecified atom stereocenters. The first-order valence-electron chi connectivity index (χ1n) is 22.8. The molecule has 0 saturated heterocycles. The second-order valence-corrected chi connectivity index (χ2v) is 18.1. The molecular formula is C64H40O2. The molecule has 12 aromatic carbocycles. The van der Waals surface area contributed by atoms with E-state index in [2.05, 4.69) is 220 Å². The van der Waals surface area contributed by atoms with Gasteiger partial charge in [0.05, 0.1) is 0 Å². The quantitative estimate of drug-likeness (QED) is 0.165. The third-order valence-electron chi connectivity index (χ3n) is 14.1. The SMILES string of the molecule is Cc1ccc2c(-c3ccc4c(c3)oc3cc5cc6oc7cc(-c8c9ccccc9c(-c9ccccc9)c9cc(C)ccc89)ccc7c6cc5cc34)c3ccccc3c(-c3ccccc3)c2c1. The molecule has 0 bridgehead atoms. The second-order valence-electron chi connectivity index (χ2n) is 18.1. The number of benzene rings is 12. The van der Waals surface area contributed by atoms with Crippen molar-refractivity contribution in [2.24, 2.45) is 0 Å². The van der Waals surface area contributed by atoms with Crippen molar-refractivity contribution in [2.75, 3.05) is 0 Å². The summed E-state index contributed by atoms with van der Waals surface area (Å²) in [5, 5.41) is 16.6. The molecule has 14 aromatic rings. The summed E-state index contributed by atoms with van der Waals surface area (Å²) in [7, 11) is 0. The van der Waals surface area contributed by atoms with Gasteiger partial charge in [0.2, 0.25) is 0 Å². The molecule has 0 aliphatic rings. The van der Waals surface area contributed by atoms with Gasteiger partial charge in [0, 0.05) is 21.5 Å². The third kappa shape index (κ3) is 5.49. The highest BCUT2D eigenvalue weighted by molar-refractivity contribution is 6.24. The lowest BCUT2D eigenvalue weighted by atomic mass is 9.85. The first-order chi connectivity index (χ1) is 32.5. The van der Waals surface area contributed by atoms with Gasteiger partial charge in [-0.2, -0.15) is 0 Å². The fraction of sp³-hybridized carbons (Fsp3) is 0.0312. The third-order valence-corrected chi connectivity index (χ3v) is 14.1. The van der Waals surface area contributed by atoms with E-state index in [4.69, 9.17) is 8.83 Å². The average Bonchev–Trinajstić information content (AvgIpc) is 3.89. The van der Waals surface area contributed by atoms with Crippen LogP contribution in [0.4, 0.5) is 0 Å². The lowest BCUT2D eigenvalue weighted by molar-refractivity contribution is 0.669. The Bertz CT molecular complexity index is 4060. The predicted molar refractivity (Wildman–Crippen MR) is 280 cm³/mol. The topological polar surface area (TPSA) is 26.3 Å². The van der Waals surface area contributed by atoms with Gasteiger partial charge in [0.15, 0.2) is 0 Å². The van der Waals surface area contributed by atoms with E-state index < -0.39 is 0 Å². The number of rotatable bonds is 4. The van der Waals surface area contributed by atoms with E-state index in [0.29, 0.717) is 0 Å². The summed E-state index contributed by atoms with van der Waals surface area (Å²) in [6, 6.07) is 75.4. The number of furan rings is 2. The van der Waals surface area contributed by atoms with Gasteiger partial charge >= 0.3 is 0 Å². The normalized spacial score (nSPS) is 12.1. The molecule has 0 aliphatic heterocycles. The van der Waals surface area contributed by atoms with Crippen LogP contribution < -0.4 is 0 Å². The molecule has 0 fully saturated rings. The monoisotopic (exact) mass is 840 g/mol. The molecule has 0 radical (unpaired) electrons. The minimum atomic E-state index is 0.866. The Balaban J connectivity index is 0.910. The van der Waals surface area contributed by atoms with Crippen molar-refractivity contribution in [3.8, 4) is 44.5 Å². The summed E-state index contributed by atoms with van der Waals surface area (Å²) < 4.78 is 13.6. The maximum Gasteiger partial charge on any atom is 0.136 e. The molecule has 0 N–H and O–H groups in total. The summed E-state index contributed by atoms with van der Waals surface area (Å²) in [4.78, 5) is 0. The van der Waals surface area contributed by atoms with E-state index >= 15 is 0 Å². The Hall–Kier alpha value is -8.46. The van der Waals surface area contributed by atoms with Crippen molar-refractivity contribution < 1.29 is 8.83 Å². The molecule has 2 nitrogen and oxygen atoms in total. The first-order valence-corrected chi connectivity index (χ1v) is 22.8. The van der Waals surface area contributed by atoms with Crippen LogP contribution in [0.2, 0.25) is 0 Å². The van der Waals surface area contributed by atoms with Crippen LogP contribution in [0.15, 0.2) is 215 Å². The van der Waals surface area contributed by atoms with Gasteiger partial charge in [-0.3, -0.25) is 0 Å². The van der Waals surface area contributed by atoms with E-state index in [9.17, 15) is 0 Å². The molecule has 0 atom stereocenters. The van der Waals surface area contributed by atoms with Crippen LogP contribution in [0.1, 0.15) is 11.1 Å². The van der Waals surface area contributed by atoms with Crippen molar-refractivity contribution in [3.05, 3.63) is 217 Å². The zero-order valence-corrected chi connectivity index (χ0v) is 36.4. The molecule has 0 amide bonds. The van der Waals surface area contributed by atoms with Gasteiger partial charge in [-0.25, -0.2) is 0 Å². The molecule has 66 heavy (non-hydrogen) atoms. The molecule has 2 aromatic heterocycles. The van der Waals surface area contributed by atoms with Crippen LogP contribution in [-0.4, -0.2) is 0 Å². The molecule has 2 heteroatoms. The fourth-order valence-electron chi connectivity index (χ4n) is 11.1. The van der Waals surface area contributed by atoms with Crippen LogP contribution in [0.3, 0.4) is 0 Å².